The van der Waals surface area contributed by atoms with E-state index in [4.69, 9.17) is 9.47 Å². The number of benzene rings is 1. The van der Waals surface area contributed by atoms with Gasteiger partial charge in [0, 0.05) is 32.9 Å². The molecule has 0 saturated carbocycles. The molecule has 174 valence electrons. The summed E-state index contributed by atoms with van der Waals surface area (Å²) < 4.78 is 25.2. The molecular weight excluding hydrogens is 528 g/mol. The van der Waals surface area contributed by atoms with Crippen LogP contribution < -0.4 is 15.4 Å². The van der Waals surface area contributed by atoms with Gasteiger partial charge < -0.3 is 25.0 Å². The van der Waals surface area contributed by atoms with Crippen LogP contribution >= 0.6 is 24.0 Å². The molecule has 2 heterocycles. The third-order valence-electron chi connectivity index (χ3n) is 4.42. The zero-order chi connectivity index (χ0) is 22.4. The van der Waals surface area contributed by atoms with Gasteiger partial charge in [0.25, 0.3) is 0 Å². The first-order chi connectivity index (χ1) is 14.7. The first kappa shape index (κ1) is 25.6. The van der Waals surface area contributed by atoms with Crippen molar-refractivity contribution in [3.05, 3.63) is 54.1 Å². The lowest BCUT2D eigenvalue weighted by Crippen LogP contribution is -2.63. The number of nitrogens with zero attached hydrogens (tertiary/aromatic N) is 3. The van der Waals surface area contributed by atoms with Crippen molar-refractivity contribution in [3.8, 4) is 11.5 Å². The van der Waals surface area contributed by atoms with Crippen LogP contribution in [0.25, 0.3) is 0 Å². The van der Waals surface area contributed by atoms with Crippen molar-refractivity contribution < 1.29 is 18.7 Å². The molecule has 0 aliphatic carbocycles. The Morgan fingerprint density at radius 2 is 2.06 bits per heavy atom. The molecule has 1 aromatic carbocycles. The van der Waals surface area contributed by atoms with Gasteiger partial charge in [0.2, 0.25) is 0 Å². The predicted octanol–water partition coefficient (Wildman–Crippen LogP) is 3.92. The SMILES string of the molecule is CN=C(NCc1ccc(Oc2cccnc2)c(F)c1)NC1CN(C(=O)OC(C)(C)C)C1.I. The van der Waals surface area contributed by atoms with E-state index in [0.29, 0.717) is 31.3 Å². The number of carbonyl (C=O) groups is 1. The predicted molar refractivity (Wildman–Crippen MR) is 131 cm³/mol. The lowest BCUT2D eigenvalue weighted by molar-refractivity contribution is 0.00701. The average Bonchev–Trinajstić information content (AvgIpc) is 2.68. The number of halogens is 2. The summed E-state index contributed by atoms with van der Waals surface area (Å²) in [6, 6.07) is 8.29. The third kappa shape index (κ3) is 7.50. The number of aliphatic imine (C=N–C) groups is 1. The van der Waals surface area contributed by atoms with Gasteiger partial charge >= 0.3 is 6.09 Å². The first-order valence-corrected chi connectivity index (χ1v) is 10.0. The summed E-state index contributed by atoms with van der Waals surface area (Å²) in [7, 11) is 1.66. The van der Waals surface area contributed by atoms with E-state index in [0.717, 1.165) is 5.56 Å². The fraction of sp³-hybridized carbons (Fsp3) is 0.409. The molecule has 1 aliphatic rings. The minimum absolute atomic E-state index is 0. The molecule has 2 N–H and O–H groups in total. The molecule has 1 aliphatic heterocycles. The van der Waals surface area contributed by atoms with Crippen LogP contribution in [-0.4, -0.2) is 53.7 Å². The number of ether oxygens (including phenoxy) is 2. The highest BCUT2D eigenvalue weighted by Gasteiger charge is 2.34. The van der Waals surface area contributed by atoms with Crippen LogP contribution in [0.4, 0.5) is 9.18 Å². The topological polar surface area (TPSA) is 88.1 Å². The smallest absolute Gasteiger partial charge is 0.410 e. The van der Waals surface area contributed by atoms with Gasteiger partial charge in [0.15, 0.2) is 17.5 Å². The van der Waals surface area contributed by atoms with Gasteiger partial charge in [0.1, 0.15) is 11.4 Å². The summed E-state index contributed by atoms with van der Waals surface area (Å²) in [6.07, 6.45) is 2.82. The molecule has 32 heavy (non-hydrogen) atoms. The number of pyridine rings is 1. The molecular formula is C22H29FIN5O3. The molecule has 0 atom stereocenters. The molecule has 8 nitrogen and oxygen atoms in total. The van der Waals surface area contributed by atoms with Gasteiger partial charge in [0.05, 0.1) is 12.2 Å². The largest absolute Gasteiger partial charge is 0.453 e. The van der Waals surface area contributed by atoms with E-state index in [1.54, 1.807) is 42.4 Å². The van der Waals surface area contributed by atoms with Crippen LogP contribution in [0.5, 0.6) is 11.5 Å². The van der Waals surface area contributed by atoms with Crippen molar-refractivity contribution in [3.63, 3.8) is 0 Å². The molecule has 0 radical (unpaired) electrons. The molecule has 1 fully saturated rings. The number of rotatable bonds is 5. The Hall–Kier alpha value is -2.63. The fourth-order valence-corrected chi connectivity index (χ4v) is 2.89. The van der Waals surface area contributed by atoms with Crippen molar-refractivity contribution in [2.24, 2.45) is 4.99 Å². The summed E-state index contributed by atoms with van der Waals surface area (Å²) in [4.78, 5) is 21.8. The van der Waals surface area contributed by atoms with Gasteiger partial charge in [-0.3, -0.25) is 9.98 Å². The zero-order valence-corrected chi connectivity index (χ0v) is 20.9. The van der Waals surface area contributed by atoms with Crippen molar-refractivity contribution in [2.45, 2.75) is 39.0 Å². The van der Waals surface area contributed by atoms with Gasteiger partial charge in [-0.25, -0.2) is 9.18 Å². The van der Waals surface area contributed by atoms with E-state index in [9.17, 15) is 9.18 Å². The van der Waals surface area contributed by atoms with E-state index in [1.807, 2.05) is 20.8 Å². The van der Waals surface area contributed by atoms with E-state index >= 15 is 0 Å². The molecule has 0 bridgehead atoms. The second-order valence-electron chi connectivity index (χ2n) is 8.21. The first-order valence-electron chi connectivity index (χ1n) is 10.0. The van der Waals surface area contributed by atoms with Crippen LogP contribution in [0.15, 0.2) is 47.7 Å². The van der Waals surface area contributed by atoms with E-state index in [1.165, 1.54) is 12.3 Å². The number of amides is 1. The molecule has 1 saturated heterocycles. The van der Waals surface area contributed by atoms with Gasteiger partial charge in [-0.05, 0) is 50.6 Å². The lowest BCUT2D eigenvalue weighted by Gasteiger charge is -2.40. The molecule has 3 rings (SSSR count). The van der Waals surface area contributed by atoms with Crippen molar-refractivity contribution in [2.75, 3.05) is 20.1 Å². The van der Waals surface area contributed by atoms with Crippen molar-refractivity contribution in [1.29, 1.82) is 0 Å². The Labute approximate surface area is 204 Å². The van der Waals surface area contributed by atoms with Crippen molar-refractivity contribution >= 4 is 36.0 Å². The Morgan fingerprint density at radius 3 is 2.66 bits per heavy atom. The normalized spacial score (nSPS) is 14.2. The number of guanidine groups is 1. The van der Waals surface area contributed by atoms with E-state index in [-0.39, 0.29) is 41.9 Å². The third-order valence-corrected chi connectivity index (χ3v) is 4.42. The van der Waals surface area contributed by atoms with Crippen LogP contribution in [-0.2, 0) is 11.3 Å². The summed E-state index contributed by atoms with van der Waals surface area (Å²) in [5.41, 5.74) is 0.226. The second-order valence-corrected chi connectivity index (χ2v) is 8.21. The summed E-state index contributed by atoms with van der Waals surface area (Å²) in [5, 5.41) is 6.39. The minimum Gasteiger partial charge on any atom is -0.453 e. The Balaban J connectivity index is 0.00000363. The van der Waals surface area contributed by atoms with Gasteiger partial charge in [-0.15, -0.1) is 24.0 Å². The number of aromatic nitrogens is 1. The standard InChI is InChI=1S/C22H28FN5O3.HI/c1-22(2,3)31-21(29)28-13-16(14-28)27-20(24-4)26-11-15-7-8-19(18(23)10-15)30-17-6-5-9-25-12-17;/h5-10,12,16H,11,13-14H2,1-4H3,(H2,24,26,27);1H. The maximum Gasteiger partial charge on any atom is 0.410 e. The van der Waals surface area contributed by atoms with Crippen LogP contribution in [0, 0.1) is 5.82 Å². The number of hydrogen-bond acceptors (Lipinski definition) is 5. The molecule has 2 aromatic rings. The molecule has 1 aromatic heterocycles. The van der Waals surface area contributed by atoms with Gasteiger partial charge in [-0.2, -0.15) is 0 Å². The lowest BCUT2D eigenvalue weighted by atomic mass is 10.1. The second kappa shape index (κ2) is 11.3. The highest BCUT2D eigenvalue weighted by Crippen LogP contribution is 2.24. The maximum atomic E-state index is 14.4. The number of carbonyl (C=O) groups excluding carboxylic acids is 1. The highest BCUT2D eigenvalue weighted by molar-refractivity contribution is 14.0. The molecule has 1 amide bonds. The Kier molecular flexibility index (Phi) is 9.05. The van der Waals surface area contributed by atoms with Crippen LogP contribution in [0.2, 0.25) is 0 Å². The van der Waals surface area contributed by atoms with Gasteiger partial charge in [-0.1, -0.05) is 6.07 Å². The number of hydrogen-bond donors (Lipinski definition) is 2. The van der Waals surface area contributed by atoms with E-state index < -0.39 is 11.4 Å². The fourth-order valence-electron chi connectivity index (χ4n) is 2.89. The quantitative estimate of drug-likeness (QED) is 0.330. The number of likely N-dealkylation sites (tertiary alicyclic amines) is 1. The molecule has 10 heteroatoms. The average molecular weight is 557 g/mol. The Bertz CT molecular complexity index is 931. The highest BCUT2D eigenvalue weighted by atomic mass is 127. The van der Waals surface area contributed by atoms with E-state index in [2.05, 4.69) is 20.6 Å². The molecule has 0 spiro atoms. The minimum atomic E-state index is -0.513. The zero-order valence-electron chi connectivity index (χ0n) is 18.6. The maximum absolute atomic E-state index is 14.4. The molecule has 0 unspecified atom stereocenters. The van der Waals surface area contributed by atoms with Crippen LogP contribution in [0.1, 0.15) is 26.3 Å². The monoisotopic (exact) mass is 557 g/mol. The summed E-state index contributed by atoms with van der Waals surface area (Å²) in [5.74, 6) is 0.719. The van der Waals surface area contributed by atoms with Crippen LogP contribution in [0.3, 0.4) is 0 Å². The number of nitrogens with one attached hydrogen (secondary N) is 2. The Morgan fingerprint density at radius 1 is 1.31 bits per heavy atom. The van der Waals surface area contributed by atoms with Crippen molar-refractivity contribution in [1.82, 2.24) is 20.5 Å². The summed E-state index contributed by atoms with van der Waals surface area (Å²) >= 11 is 0. The summed E-state index contributed by atoms with van der Waals surface area (Å²) in [6.45, 7) is 6.97.